The normalized spacial score (nSPS) is 13.0. The van der Waals surface area contributed by atoms with Gasteiger partial charge < -0.3 is 25.7 Å². The minimum atomic E-state index is -1.82. The van der Waals surface area contributed by atoms with E-state index >= 15 is 0 Å². The summed E-state index contributed by atoms with van der Waals surface area (Å²) in [6.07, 6.45) is 3.51. The van der Waals surface area contributed by atoms with Crippen molar-refractivity contribution in [2.45, 2.75) is 25.3 Å². The van der Waals surface area contributed by atoms with E-state index in [-0.39, 0.29) is 11.9 Å². The molecule has 0 saturated heterocycles. The fraction of sp³-hybridized carbons (Fsp3) is 0.348. The van der Waals surface area contributed by atoms with Crippen molar-refractivity contribution in [3.63, 3.8) is 0 Å². The minimum absolute atomic E-state index is 0.00325. The van der Waals surface area contributed by atoms with Crippen LogP contribution >= 0.6 is 0 Å². The van der Waals surface area contributed by atoms with Crippen molar-refractivity contribution in [1.82, 2.24) is 10.2 Å². The molecule has 1 amide bonds. The number of benzene rings is 2. The molecule has 0 fully saturated rings. The second-order valence-electron chi connectivity index (χ2n) is 7.52. The first-order valence-corrected chi connectivity index (χ1v) is 10.1. The average molecular weight is 428 g/mol. The Morgan fingerprint density at radius 3 is 2.23 bits per heavy atom. The zero-order valence-electron chi connectivity index (χ0n) is 17.8. The van der Waals surface area contributed by atoms with E-state index in [4.69, 9.17) is 19.8 Å². The van der Waals surface area contributed by atoms with Gasteiger partial charge >= 0.3 is 11.9 Å². The smallest absolute Gasteiger partial charge is 0.414 e. The van der Waals surface area contributed by atoms with Gasteiger partial charge in [-0.1, -0.05) is 36.4 Å². The summed E-state index contributed by atoms with van der Waals surface area (Å²) in [7, 11) is 4.12. The standard InChI is InChI=1S/C21H27N3O.C2H2O4/c1-24(2)20(17-7-4-3-5-8-17)14-22-15-21(25)23-19-12-11-16-9-6-10-18(16)13-19;3-1(4)2(5)6/h3-5,7-8,11-13,20,22H,6,9-10,14-15H2,1-2H3,(H,23,25);(H,3,4)(H,5,6). The number of carboxylic acid groups (broad SMARTS) is 2. The number of carbonyl (C=O) groups excluding carboxylic acids is 1. The van der Waals surface area contributed by atoms with Crippen LogP contribution in [0.3, 0.4) is 0 Å². The minimum Gasteiger partial charge on any atom is -0.473 e. The Kier molecular flexibility index (Phi) is 9.17. The van der Waals surface area contributed by atoms with E-state index in [1.165, 1.54) is 23.1 Å². The highest BCUT2D eigenvalue weighted by molar-refractivity contribution is 6.27. The fourth-order valence-electron chi connectivity index (χ4n) is 3.45. The highest BCUT2D eigenvalue weighted by Gasteiger charge is 2.15. The van der Waals surface area contributed by atoms with Crippen molar-refractivity contribution < 1.29 is 24.6 Å². The summed E-state index contributed by atoms with van der Waals surface area (Å²) < 4.78 is 0. The van der Waals surface area contributed by atoms with Crippen molar-refractivity contribution in [3.05, 3.63) is 65.2 Å². The number of anilines is 1. The second kappa shape index (κ2) is 11.8. The molecule has 1 atom stereocenters. The van der Waals surface area contributed by atoms with E-state index in [2.05, 4.69) is 53.9 Å². The summed E-state index contributed by atoms with van der Waals surface area (Å²) in [5, 5.41) is 21.1. The van der Waals surface area contributed by atoms with E-state index in [0.29, 0.717) is 6.54 Å². The van der Waals surface area contributed by atoms with Crippen LogP contribution in [0, 0.1) is 0 Å². The lowest BCUT2D eigenvalue weighted by Gasteiger charge is -2.25. The predicted molar refractivity (Wildman–Crippen MR) is 118 cm³/mol. The number of nitrogens with zero attached hydrogens (tertiary/aromatic N) is 1. The highest BCUT2D eigenvalue weighted by Crippen LogP contribution is 2.24. The molecule has 0 spiro atoms. The zero-order valence-corrected chi connectivity index (χ0v) is 17.8. The monoisotopic (exact) mass is 427 g/mol. The van der Waals surface area contributed by atoms with Crippen LogP contribution in [0.5, 0.6) is 0 Å². The molecule has 0 bridgehead atoms. The summed E-state index contributed by atoms with van der Waals surface area (Å²) in [5.74, 6) is -3.64. The van der Waals surface area contributed by atoms with Gasteiger partial charge in [0, 0.05) is 18.3 Å². The number of aliphatic carboxylic acids is 2. The van der Waals surface area contributed by atoms with Gasteiger partial charge in [-0.15, -0.1) is 0 Å². The van der Waals surface area contributed by atoms with E-state index in [0.717, 1.165) is 25.1 Å². The third-order valence-electron chi connectivity index (χ3n) is 5.00. The number of rotatable bonds is 7. The quantitative estimate of drug-likeness (QED) is 0.500. The number of hydrogen-bond acceptors (Lipinski definition) is 5. The molecule has 3 rings (SSSR count). The zero-order chi connectivity index (χ0) is 22.8. The Morgan fingerprint density at radius 2 is 1.61 bits per heavy atom. The van der Waals surface area contributed by atoms with Gasteiger partial charge in [0.15, 0.2) is 0 Å². The largest absolute Gasteiger partial charge is 0.473 e. The molecule has 31 heavy (non-hydrogen) atoms. The second-order valence-corrected chi connectivity index (χ2v) is 7.52. The van der Waals surface area contributed by atoms with Crippen LogP contribution in [0.4, 0.5) is 5.69 Å². The number of nitrogens with one attached hydrogen (secondary N) is 2. The third kappa shape index (κ3) is 7.84. The molecule has 0 aromatic heterocycles. The maximum absolute atomic E-state index is 12.2. The first kappa shape index (κ1) is 24.0. The molecular weight excluding hydrogens is 398 g/mol. The molecule has 1 unspecified atom stereocenters. The lowest BCUT2D eigenvalue weighted by atomic mass is 10.1. The van der Waals surface area contributed by atoms with Crippen LogP contribution < -0.4 is 10.6 Å². The third-order valence-corrected chi connectivity index (χ3v) is 5.00. The van der Waals surface area contributed by atoms with Gasteiger partial charge in [-0.3, -0.25) is 4.79 Å². The molecule has 0 heterocycles. The van der Waals surface area contributed by atoms with Crippen LogP contribution in [0.15, 0.2) is 48.5 Å². The lowest BCUT2D eigenvalue weighted by molar-refractivity contribution is -0.159. The topological polar surface area (TPSA) is 119 Å². The molecule has 0 radical (unpaired) electrons. The van der Waals surface area contributed by atoms with Gasteiger partial charge in [-0.25, -0.2) is 9.59 Å². The van der Waals surface area contributed by atoms with E-state index in [1.807, 2.05) is 24.3 Å². The van der Waals surface area contributed by atoms with Gasteiger partial charge in [0.25, 0.3) is 0 Å². The molecule has 1 aliphatic carbocycles. The van der Waals surface area contributed by atoms with Crippen LogP contribution in [0.25, 0.3) is 0 Å². The van der Waals surface area contributed by atoms with Crippen molar-refractivity contribution in [2.75, 3.05) is 32.5 Å². The highest BCUT2D eigenvalue weighted by atomic mass is 16.4. The van der Waals surface area contributed by atoms with Gasteiger partial charge in [-0.05, 0) is 62.2 Å². The number of carbonyl (C=O) groups is 3. The summed E-state index contributed by atoms with van der Waals surface area (Å²) in [4.78, 5) is 32.6. The summed E-state index contributed by atoms with van der Waals surface area (Å²) in [5.41, 5.74) is 4.95. The molecule has 8 nitrogen and oxygen atoms in total. The van der Waals surface area contributed by atoms with Crippen LogP contribution in [0.2, 0.25) is 0 Å². The molecular formula is C23H29N3O5. The number of amides is 1. The maximum Gasteiger partial charge on any atom is 0.414 e. The Labute approximate surface area is 181 Å². The molecule has 0 saturated carbocycles. The Hall–Kier alpha value is -3.23. The van der Waals surface area contributed by atoms with E-state index in [9.17, 15) is 4.79 Å². The van der Waals surface area contributed by atoms with Crippen molar-refractivity contribution in [2.24, 2.45) is 0 Å². The van der Waals surface area contributed by atoms with Crippen LogP contribution in [-0.4, -0.2) is 60.1 Å². The van der Waals surface area contributed by atoms with E-state index < -0.39 is 11.9 Å². The van der Waals surface area contributed by atoms with Crippen LogP contribution in [0.1, 0.15) is 29.2 Å². The summed E-state index contributed by atoms with van der Waals surface area (Å²) in [6.45, 7) is 1.04. The average Bonchev–Trinajstić information content (AvgIpc) is 3.20. The fourth-order valence-corrected chi connectivity index (χ4v) is 3.45. The number of likely N-dealkylation sites (N-methyl/N-ethyl adjacent to an activating group) is 1. The molecule has 0 aliphatic heterocycles. The lowest BCUT2D eigenvalue weighted by Crippen LogP contribution is -2.35. The Balaban J connectivity index is 0.000000501. The molecule has 1 aliphatic rings. The van der Waals surface area contributed by atoms with Gasteiger partial charge in [0.2, 0.25) is 5.91 Å². The number of hydrogen-bond donors (Lipinski definition) is 4. The first-order chi connectivity index (χ1) is 14.8. The van der Waals surface area contributed by atoms with E-state index in [1.54, 1.807) is 0 Å². The molecule has 4 N–H and O–H groups in total. The summed E-state index contributed by atoms with van der Waals surface area (Å²) >= 11 is 0. The maximum atomic E-state index is 12.2. The molecule has 8 heteroatoms. The van der Waals surface area contributed by atoms with Crippen molar-refractivity contribution in [3.8, 4) is 0 Å². The Morgan fingerprint density at radius 1 is 0.968 bits per heavy atom. The van der Waals surface area contributed by atoms with Gasteiger partial charge in [-0.2, -0.15) is 0 Å². The number of carboxylic acids is 2. The molecule has 2 aromatic carbocycles. The first-order valence-electron chi connectivity index (χ1n) is 10.1. The number of aryl methyl sites for hydroxylation is 2. The molecule has 166 valence electrons. The summed E-state index contributed by atoms with van der Waals surface area (Å²) in [6, 6.07) is 16.9. The van der Waals surface area contributed by atoms with Crippen molar-refractivity contribution >= 4 is 23.5 Å². The van der Waals surface area contributed by atoms with Gasteiger partial charge in [0.05, 0.1) is 6.54 Å². The molecule has 2 aromatic rings. The van der Waals surface area contributed by atoms with Crippen molar-refractivity contribution in [1.29, 1.82) is 0 Å². The Bertz CT molecular complexity index is 887. The predicted octanol–water partition coefficient (Wildman–Crippen LogP) is 2.16. The number of fused-ring (bicyclic) bond motifs is 1. The van der Waals surface area contributed by atoms with Crippen LogP contribution in [-0.2, 0) is 27.2 Å². The van der Waals surface area contributed by atoms with Gasteiger partial charge in [0.1, 0.15) is 0 Å². The SMILES string of the molecule is CN(C)C(CNCC(=O)Nc1ccc2c(c1)CCC2)c1ccccc1.O=C(O)C(=O)O.